The molecular formula is C14H28N4. The van der Waals surface area contributed by atoms with Gasteiger partial charge in [0.1, 0.15) is 0 Å². The summed E-state index contributed by atoms with van der Waals surface area (Å²) in [6.07, 6.45) is 6.25. The van der Waals surface area contributed by atoms with Crippen molar-refractivity contribution >= 4 is 0 Å². The number of rotatable bonds is 8. The van der Waals surface area contributed by atoms with Crippen molar-refractivity contribution in [1.82, 2.24) is 14.7 Å². The van der Waals surface area contributed by atoms with Crippen LogP contribution in [0.15, 0.2) is 12.4 Å². The zero-order valence-corrected chi connectivity index (χ0v) is 12.3. The Morgan fingerprint density at radius 2 is 2.11 bits per heavy atom. The van der Waals surface area contributed by atoms with Crippen LogP contribution in [0.1, 0.15) is 39.2 Å². The average Bonchev–Trinajstić information content (AvgIpc) is 2.79. The Kier molecular flexibility index (Phi) is 5.82. The molecule has 1 heterocycles. The standard InChI is InChI=1S/C14H28N4/c1-5-7-17(14(4,6-2)12-15)8-9-18-11-13(3)10-16-18/h10-11H,5-9,12,15H2,1-4H3. The van der Waals surface area contributed by atoms with Gasteiger partial charge in [-0.05, 0) is 38.8 Å². The molecule has 1 atom stereocenters. The van der Waals surface area contributed by atoms with Gasteiger partial charge >= 0.3 is 0 Å². The molecular weight excluding hydrogens is 224 g/mol. The first-order valence-electron chi connectivity index (χ1n) is 7.00. The van der Waals surface area contributed by atoms with Gasteiger partial charge in [0, 0.05) is 24.8 Å². The Morgan fingerprint density at radius 1 is 1.39 bits per heavy atom. The molecule has 104 valence electrons. The van der Waals surface area contributed by atoms with Crippen LogP contribution in [-0.2, 0) is 6.54 Å². The van der Waals surface area contributed by atoms with Crippen molar-refractivity contribution in [3.63, 3.8) is 0 Å². The topological polar surface area (TPSA) is 47.1 Å². The highest BCUT2D eigenvalue weighted by molar-refractivity contribution is 4.99. The normalized spacial score (nSPS) is 15.0. The predicted molar refractivity (Wildman–Crippen MR) is 76.6 cm³/mol. The minimum Gasteiger partial charge on any atom is -0.329 e. The van der Waals surface area contributed by atoms with E-state index in [2.05, 4.69) is 43.9 Å². The molecule has 0 aliphatic carbocycles. The van der Waals surface area contributed by atoms with Crippen molar-refractivity contribution < 1.29 is 0 Å². The molecule has 0 aliphatic heterocycles. The summed E-state index contributed by atoms with van der Waals surface area (Å²) in [6.45, 7) is 12.5. The monoisotopic (exact) mass is 252 g/mol. The Labute approximate surface area is 111 Å². The van der Waals surface area contributed by atoms with E-state index < -0.39 is 0 Å². The minimum absolute atomic E-state index is 0.109. The van der Waals surface area contributed by atoms with Crippen LogP contribution in [0.4, 0.5) is 0 Å². The maximum Gasteiger partial charge on any atom is 0.0536 e. The van der Waals surface area contributed by atoms with Crippen LogP contribution >= 0.6 is 0 Å². The smallest absolute Gasteiger partial charge is 0.0536 e. The molecule has 0 saturated heterocycles. The molecule has 0 aliphatic rings. The van der Waals surface area contributed by atoms with Gasteiger partial charge in [-0.15, -0.1) is 0 Å². The van der Waals surface area contributed by atoms with E-state index in [1.165, 1.54) is 5.56 Å². The quantitative estimate of drug-likeness (QED) is 0.770. The molecule has 1 unspecified atom stereocenters. The molecule has 0 amide bonds. The molecule has 0 aromatic carbocycles. The van der Waals surface area contributed by atoms with Crippen molar-refractivity contribution in [2.75, 3.05) is 19.6 Å². The highest BCUT2D eigenvalue weighted by Crippen LogP contribution is 2.18. The molecule has 0 fully saturated rings. The van der Waals surface area contributed by atoms with Gasteiger partial charge in [0.15, 0.2) is 0 Å². The summed E-state index contributed by atoms with van der Waals surface area (Å²) in [5.74, 6) is 0. The second-order valence-corrected chi connectivity index (χ2v) is 5.32. The lowest BCUT2D eigenvalue weighted by Crippen LogP contribution is -2.52. The SMILES string of the molecule is CCCN(CCn1cc(C)cn1)C(C)(CC)CN. The fourth-order valence-corrected chi connectivity index (χ4v) is 2.23. The molecule has 0 radical (unpaired) electrons. The van der Waals surface area contributed by atoms with Gasteiger partial charge in [0.2, 0.25) is 0 Å². The second kappa shape index (κ2) is 6.90. The minimum atomic E-state index is 0.109. The third-order valence-electron chi connectivity index (χ3n) is 3.82. The molecule has 1 aromatic heterocycles. The first kappa shape index (κ1) is 15.2. The Hall–Kier alpha value is -0.870. The van der Waals surface area contributed by atoms with Gasteiger partial charge < -0.3 is 5.73 Å². The van der Waals surface area contributed by atoms with Gasteiger partial charge in [-0.3, -0.25) is 9.58 Å². The van der Waals surface area contributed by atoms with Crippen LogP contribution in [0.5, 0.6) is 0 Å². The highest BCUT2D eigenvalue weighted by Gasteiger charge is 2.27. The molecule has 0 bridgehead atoms. The van der Waals surface area contributed by atoms with E-state index in [0.29, 0.717) is 6.54 Å². The summed E-state index contributed by atoms with van der Waals surface area (Å²) >= 11 is 0. The third kappa shape index (κ3) is 3.82. The van der Waals surface area contributed by atoms with Gasteiger partial charge in [0.25, 0.3) is 0 Å². The second-order valence-electron chi connectivity index (χ2n) is 5.32. The highest BCUT2D eigenvalue weighted by atomic mass is 15.3. The third-order valence-corrected chi connectivity index (χ3v) is 3.82. The fourth-order valence-electron chi connectivity index (χ4n) is 2.23. The zero-order chi connectivity index (χ0) is 13.6. The van der Waals surface area contributed by atoms with E-state index in [0.717, 1.165) is 32.5 Å². The molecule has 1 rings (SSSR count). The molecule has 1 aromatic rings. The number of aryl methyl sites for hydroxylation is 1. The molecule has 0 spiro atoms. The Bertz CT molecular complexity index is 341. The van der Waals surface area contributed by atoms with Crippen LogP contribution in [0.25, 0.3) is 0 Å². The van der Waals surface area contributed by atoms with Crippen LogP contribution in [-0.4, -0.2) is 39.9 Å². The van der Waals surface area contributed by atoms with Gasteiger partial charge in [-0.25, -0.2) is 0 Å². The van der Waals surface area contributed by atoms with Crippen molar-refractivity contribution in [2.24, 2.45) is 5.73 Å². The Balaban J connectivity index is 2.62. The summed E-state index contributed by atoms with van der Waals surface area (Å²) in [7, 11) is 0. The van der Waals surface area contributed by atoms with Gasteiger partial charge in [-0.2, -0.15) is 5.10 Å². The summed E-state index contributed by atoms with van der Waals surface area (Å²) in [5, 5.41) is 4.34. The van der Waals surface area contributed by atoms with Crippen LogP contribution in [0, 0.1) is 6.92 Å². The summed E-state index contributed by atoms with van der Waals surface area (Å²) in [5.41, 5.74) is 7.28. The summed E-state index contributed by atoms with van der Waals surface area (Å²) < 4.78 is 2.02. The van der Waals surface area contributed by atoms with Crippen molar-refractivity contribution in [3.8, 4) is 0 Å². The lowest BCUT2D eigenvalue weighted by atomic mass is 9.96. The zero-order valence-electron chi connectivity index (χ0n) is 12.3. The molecule has 18 heavy (non-hydrogen) atoms. The van der Waals surface area contributed by atoms with Crippen LogP contribution in [0.2, 0.25) is 0 Å². The summed E-state index contributed by atoms with van der Waals surface area (Å²) in [6, 6.07) is 0. The lowest BCUT2D eigenvalue weighted by molar-refractivity contribution is 0.0997. The predicted octanol–water partition coefficient (Wildman–Crippen LogP) is 2.03. The number of hydrogen-bond donors (Lipinski definition) is 1. The van der Waals surface area contributed by atoms with E-state index in [9.17, 15) is 0 Å². The molecule has 2 N–H and O–H groups in total. The molecule has 0 saturated carbocycles. The van der Waals surface area contributed by atoms with Crippen molar-refractivity contribution in [1.29, 1.82) is 0 Å². The molecule has 4 nitrogen and oxygen atoms in total. The maximum absolute atomic E-state index is 5.96. The largest absolute Gasteiger partial charge is 0.329 e. The summed E-state index contributed by atoms with van der Waals surface area (Å²) in [4.78, 5) is 2.50. The van der Waals surface area contributed by atoms with E-state index in [1.807, 2.05) is 10.9 Å². The van der Waals surface area contributed by atoms with E-state index in [4.69, 9.17) is 5.73 Å². The van der Waals surface area contributed by atoms with Crippen molar-refractivity contribution in [2.45, 2.75) is 52.6 Å². The first-order valence-corrected chi connectivity index (χ1v) is 7.00. The Morgan fingerprint density at radius 3 is 2.56 bits per heavy atom. The molecule has 4 heteroatoms. The average molecular weight is 252 g/mol. The number of hydrogen-bond acceptors (Lipinski definition) is 3. The van der Waals surface area contributed by atoms with E-state index in [1.54, 1.807) is 0 Å². The van der Waals surface area contributed by atoms with Crippen molar-refractivity contribution in [3.05, 3.63) is 18.0 Å². The van der Waals surface area contributed by atoms with Crippen LogP contribution < -0.4 is 5.73 Å². The maximum atomic E-state index is 5.96. The van der Waals surface area contributed by atoms with E-state index in [-0.39, 0.29) is 5.54 Å². The van der Waals surface area contributed by atoms with Gasteiger partial charge in [0.05, 0.1) is 12.7 Å². The number of aromatic nitrogens is 2. The van der Waals surface area contributed by atoms with Crippen LogP contribution in [0.3, 0.4) is 0 Å². The first-order chi connectivity index (χ1) is 8.55. The van der Waals surface area contributed by atoms with E-state index >= 15 is 0 Å². The number of nitrogens with zero attached hydrogens (tertiary/aromatic N) is 3. The lowest BCUT2D eigenvalue weighted by Gasteiger charge is -2.40. The number of nitrogens with two attached hydrogens (primary N) is 1. The van der Waals surface area contributed by atoms with Gasteiger partial charge in [-0.1, -0.05) is 13.8 Å². The fraction of sp³-hybridized carbons (Fsp3) is 0.786.